The molecule has 9 nitrogen and oxygen atoms in total. The number of hydrogen-bond acceptors (Lipinski definition) is 6. The molecule has 0 fully saturated rings. The molecule has 9 heteroatoms. The lowest BCUT2D eigenvalue weighted by molar-refractivity contribution is -0.140. The Balaban J connectivity index is 3.11. The number of aliphatic carboxylic acids is 3. The molecular weight excluding hydrogens is 462 g/mol. The van der Waals surface area contributed by atoms with E-state index in [1.54, 1.807) is 0 Å². The summed E-state index contributed by atoms with van der Waals surface area (Å²) in [4.78, 5) is 35.0. The second-order valence-corrected chi connectivity index (χ2v) is 10.9. The Bertz CT molecular complexity index is 734. The molecule has 0 saturated heterocycles. The number of carboxylic acid groups (broad SMARTS) is 3. The van der Waals surface area contributed by atoms with Gasteiger partial charge in [-0.3, -0.25) is 14.4 Å². The minimum Gasteiger partial charge on any atom is -0.480 e. The van der Waals surface area contributed by atoms with Gasteiger partial charge in [0.05, 0.1) is 0 Å². The lowest BCUT2D eigenvalue weighted by atomic mass is 10.0. The quantitative estimate of drug-likeness (QED) is 0.176. The molecule has 0 heterocycles. The van der Waals surface area contributed by atoms with E-state index in [9.17, 15) is 29.7 Å². The fourth-order valence-corrected chi connectivity index (χ4v) is 4.10. The van der Waals surface area contributed by atoms with Crippen LogP contribution in [0.1, 0.15) is 77.5 Å². The molecule has 0 amide bonds. The van der Waals surface area contributed by atoms with E-state index in [-0.39, 0.29) is 17.8 Å². The molecule has 1 aromatic carbocycles. The standard InChI is InChI=1S/C27H45N3O6/c1-16(2)7-22(25(31)32)28-13-19-10-20(14-29-23(26(33)34)8-17(3)4)12-21(11-19)15-30-24(27(35)36)9-18(5)6/h10-12,16-18,22-24,28-30H,7-9,13-15H2,1-6H3,(H,31,32)(H,33,34)(H,35,36). The van der Waals surface area contributed by atoms with Gasteiger partial charge in [0, 0.05) is 19.6 Å². The fourth-order valence-electron chi connectivity index (χ4n) is 4.10. The number of nitrogens with one attached hydrogen (secondary N) is 3. The van der Waals surface area contributed by atoms with Crippen molar-refractivity contribution in [3.05, 3.63) is 34.9 Å². The average Bonchev–Trinajstić information content (AvgIpc) is 2.75. The van der Waals surface area contributed by atoms with Crippen molar-refractivity contribution in [2.24, 2.45) is 17.8 Å². The van der Waals surface area contributed by atoms with Crippen LogP contribution in [-0.4, -0.2) is 51.4 Å². The summed E-state index contributed by atoms with van der Waals surface area (Å²) in [5.74, 6) is -2.05. The minimum absolute atomic E-state index is 0.219. The van der Waals surface area contributed by atoms with Gasteiger partial charge in [0.15, 0.2) is 0 Å². The van der Waals surface area contributed by atoms with E-state index in [1.165, 1.54) is 0 Å². The van der Waals surface area contributed by atoms with Gasteiger partial charge >= 0.3 is 17.9 Å². The Morgan fingerprint density at radius 3 is 0.944 bits per heavy atom. The molecule has 0 aliphatic carbocycles. The SMILES string of the molecule is CC(C)CC(NCc1cc(CNC(CC(C)C)C(=O)O)cc(CNC(CC(C)C)C(=O)O)c1)C(=O)O. The van der Waals surface area contributed by atoms with Crippen LogP contribution < -0.4 is 16.0 Å². The maximum absolute atomic E-state index is 11.7. The fraction of sp³-hybridized carbons (Fsp3) is 0.667. The van der Waals surface area contributed by atoms with Crippen molar-refractivity contribution in [1.82, 2.24) is 16.0 Å². The molecule has 204 valence electrons. The van der Waals surface area contributed by atoms with Crippen LogP contribution in [0.5, 0.6) is 0 Å². The van der Waals surface area contributed by atoms with Crippen molar-refractivity contribution < 1.29 is 29.7 Å². The van der Waals surface area contributed by atoms with Crippen LogP contribution in [0.25, 0.3) is 0 Å². The van der Waals surface area contributed by atoms with Crippen LogP contribution in [0, 0.1) is 17.8 Å². The van der Waals surface area contributed by atoms with Crippen molar-refractivity contribution in [2.45, 2.75) is 98.6 Å². The Kier molecular flexibility index (Phi) is 13.7. The predicted octanol–water partition coefficient (Wildman–Crippen LogP) is 3.45. The Morgan fingerprint density at radius 2 is 0.778 bits per heavy atom. The molecule has 0 saturated carbocycles. The van der Waals surface area contributed by atoms with E-state index < -0.39 is 36.0 Å². The van der Waals surface area contributed by atoms with Gasteiger partial charge in [0.1, 0.15) is 18.1 Å². The van der Waals surface area contributed by atoms with E-state index in [0.717, 1.165) is 16.7 Å². The predicted molar refractivity (Wildman–Crippen MR) is 140 cm³/mol. The maximum atomic E-state index is 11.7. The van der Waals surface area contributed by atoms with Gasteiger partial charge in [0.2, 0.25) is 0 Å². The van der Waals surface area contributed by atoms with Gasteiger partial charge < -0.3 is 31.3 Å². The van der Waals surface area contributed by atoms with Gasteiger partial charge in [0.25, 0.3) is 0 Å². The molecule has 6 N–H and O–H groups in total. The van der Waals surface area contributed by atoms with Gasteiger partial charge in [-0.05, 0) is 53.7 Å². The van der Waals surface area contributed by atoms with Gasteiger partial charge in [-0.25, -0.2) is 0 Å². The number of carboxylic acids is 3. The first-order chi connectivity index (χ1) is 16.8. The zero-order valence-corrected chi connectivity index (χ0v) is 22.5. The molecule has 3 atom stereocenters. The van der Waals surface area contributed by atoms with Crippen LogP contribution in [0.15, 0.2) is 18.2 Å². The summed E-state index contributed by atoms with van der Waals surface area (Å²) >= 11 is 0. The Hall–Kier alpha value is -2.49. The Labute approximate surface area is 215 Å². The maximum Gasteiger partial charge on any atom is 0.320 e. The summed E-state index contributed by atoms with van der Waals surface area (Å²) in [6.07, 6.45) is 1.49. The molecule has 36 heavy (non-hydrogen) atoms. The molecule has 3 unspecified atom stereocenters. The van der Waals surface area contributed by atoms with Crippen molar-refractivity contribution in [3.8, 4) is 0 Å². The van der Waals surface area contributed by atoms with E-state index in [1.807, 2.05) is 59.7 Å². The molecular formula is C27H45N3O6. The molecule has 0 aliphatic heterocycles. The Morgan fingerprint density at radius 1 is 0.556 bits per heavy atom. The van der Waals surface area contributed by atoms with Crippen LogP contribution in [0.3, 0.4) is 0 Å². The van der Waals surface area contributed by atoms with E-state index in [2.05, 4.69) is 16.0 Å². The average molecular weight is 508 g/mol. The molecule has 0 radical (unpaired) electrons. The van der Waals surface area contributed by atoms with Crippen molar-refractivity contribution in [2.75, 3.05) is 0 Å². The zero-order chi connectivity index (χ0) is 27.4. The molecule has 0 bridgehead atoms. The van der Waals surface area contributed by atoms with Gasteiger partial charge in [-0.1, -0.05) is 59.7 Å². The summed E-state index contributed by atoms with van der Waals surface area (Å²) in [5.41, 5.74) is 2.56. The summed E-state index contributed by atoms with van der Waals surface area (Å²) < 4.78 is 0. The smallest absolute Gasteiger partial charge is 0.320 e. The normalized spacial score (nSPS) is 14.2. The van der Waals surface area contributed by atoms with Crippen LogP contribution in [0.2, 0.25) is 0 Å². The molecule has 1 rings (SSSR count). The van der Waals surface area contributed by atoms with Crippen LogP contribution in [-0.2, 0) is 34.0 Å². The lowest BCUT2D eigenvalue weighted by Crippen LogP contribution is -2.38. The zero-order valence-electron chi connectivity index (χ0n) is 22.5. The number of hydrogen-bond donors (Lipinski definition) is 6. The lowest BCUT2D eigenvalue weighted by Gasteiger charge is -2.20. The first kappa shape index (κ1) is 31.5. The summed E-state index contributed by atoms with van der Waals surface area (Å²) in [5, 5.41) is 38.0. The third kappa shape index (κ3) is 12.5. The van der Waals surface area contributed by atoms with Crippen LogP contribution in [0.4, 0.5) is 0 Å². The monoisotopic (exact) mass is 507 g/mol. The van der Waals surface area contributed by atoms with Crippen molar-refractivity contribution in [1.29, 1.82) is 0 Å². The highest BCUT2D eigenvalue weighted by atomic mass is 16.4. The molecule has 0 spiro atoms. The minimum atomic E-state index is -0.903. The second-order valence-electron chi connectivity index (χ2n) is 10.9. The van der Waals surface area contributed by atoms with Crippen molar-refractivity contribution >= 4 is 17.9 Å². The summed E-state index contributed by atoms with van der Waals surface area (Å²) in [6.45, 7) is 12.8. The molecule has 0 aromatic heterocycles. The van der Waals surface area contributed by atoms with E-state index in [0.29, 0.717) is 38.9 Å². The summed E-state index contributed by atoms with van der Waals surface area (Å²) in [7, 11) is 0. The first-order valence-electron chi connectivity index (χ1n) is 12.8. The highest BCUT2D eigenvalue weighted by molar-refractivity contribution is 5.74. The molecule has 1 aromatic rings. The third-order valence-corrected chi connectivity index (χ3v) is 5.79. The van der Waals surface area contributed by atoms with Crippen molar-refractivity contribution in [3.63, 3.8) is 0 Å². The first-order valence-corrected chi connectivity index (χ1v) is 12.8. The number of benzene rings is 1. The van der Waals surface area contributed by atoms with Gasteiger partial charge in [-0.2, -0.15) is 0 Å². The van der Waals surface area contributed by atoms with E-state index >= 15 is 0 Å². The third-order valence-electron chi connectivity index (χ3n) is 5.79. The largest absolute Gasteiger partial charge is 0.480 e. The summed E-state index contributed by atoms with van der Waals surface area (Å²) in [6, 6.07) is 3.73. The topological polar surface area (TPSA) is 148 Å². The van der Waals surface area contributed by atoms with E-state index in [4.69, 9.17) is 0 Å². The second kappa shape index (κ2) is 15.6. The number of carbonyl (C=O) groups is 3. The highest BCUT2D eigenvalue weighted by Crippen LogP contribution is 2.15. The number of rotatable bonds is 18. The van der Waals surface area contributed by atoms with Gasteiger partial charge in [-0.15, -0.1) is 0 Å². The van der Waals surface area contributed by atoms with Crippen LogP contribution >= 0.6 is 0 Å². The molecule has 0 aliphatic rings. The highest BCUT2D eigenvalue weighted by Gasteiger charge is 2.21.